The fourth-order valence-corrected chi connectivity index (χ4v) is 3.15. The van der Waals surface area contributed by atoms with Gasteiger partial charge >= 0.3 is 5.97 Å². The van der Waals surface area contributed by atoms with Gasteiger partial charge in [-0.05, 0) is 29.7 Å². The van der Waals surface area contributed by atoms with Crippen molar-refractivity contribution in [1.82, 2.24) is 4.90 Å². The Bertz CT molecular complexity index is 849. The molecule has 2 aromatic rings. The van der Waals surface area contributed by atoms with Gasteiger partial charge in [-0.25, -0.2) is 4.79 Å². The standard InChI is InChI=1S/C20H17Cl2NO3/c21-17-8-4-7-16(19(17)22)20(25)26-13-18(24)23-11-9-15(10-12-23)14-5-2-1-3-6-14/h1-9H,10-13H2. The van der Waals surface area contributed by atoms with Gasteiger partial charge in [0.25, 0.3) is 5.91 Å². The first-order valence-corrected chi connectivity index (χ1v) is 8.95. The summed E-state index contributed by atoms with van der Waals surface area (Å²) < 4.78 is 5.10. The van der Waals surface area contributed by atoms with Crippen LogP contribution >= 0.6 is 23.2 Å². The highest BCUT2D eigenvalue weighted by Gasteiger charge is 2.20. The number of carbonyl (C=O) groups excluding carboxylic acids is 2. The van der Waals surface area contributed by atoms with Crippen molar-refractivity contribution in [3.05, 3.63) is 75.8 Å². The van der Waals surface area contributed by atoms with E-state index < -0.39 is 5.97 Å². The van der Waals surface area contributed by atoms with Crippen LogP contribution in [-0.2, 0) is 9.53 Å². The number of hydrogen-bond donors (Lipinski definition) is 0. The van der Waals surface area contributed by atoms with Crippen molar-refractivity contribution >= 4 is 40.7 Å². The van der Waals surface area contributed by atoms with Crippen molar-refractivity contribution in [3.8, 4) is 0 Å². The van der Waals surface area contributed by atoms with Gasteiger partial charge in [0, 0.05) is 13.1 Å². The van der Waals surface area contributed by atoms with E-state index in [0.29, 0.717) is 13.1 Å². The lowest BCUT2D eigenvalue weighted by Crippen LogP contribution is -2.37. The van der Waals surface area contributed by atoms with Crippen LogP contribution in [0.4, 0.5) is 0 Å². The van der Waals surface area contributed by atoms with Crippen molar-refractivity contribution in [3.63, 3.8) is 0 Å². The van der Waals surface area contributed by atoms with Gasteiger partial charge in [-0.1, -0.05) is 65.7 Å². The summed E-state index contributed by atoms with van der Waals surface area (Å²) in [6.45, 7) is 0.768. The molecule has 1 aliphatic rings. The first-order chi connectivity index (χ1) is 12.6. The highest BCUT2D eigenvalue weighted by Crippen LogP contribution is 2.26. The second-order valence-electron chi connectivity index (χ2n) is 5.86. The van der Waals surface area contributed by atoms with Crippen molar-refractivity contribution in [2.45, 2.75) is 6.42 Å². The van der Waals surface area contributed by atoms with Crippen molar-refractivity contribution < 1.29 is 14.3 Å². The lowest BCUT2D eigenvalue weighted by Gasteiger charge is -2.26. The van der Waals surface area contributed by atoms with E-state index in [4.69, 9.17) is 27.9 Å². The number of esters is 1. The fraction of sp³-hybridized carbons (Fsp3) is 0.200. The van der Waals surface area contributed by atoms with Crippen LogP contribution in [0.3, 0.4) is 0 Å². The summed E-state index contributed by atoms with van der Waals surface area (Å²) >= 11 is 11.9. The number of amides is 1. The Labute approximate surface area is 162 Å². The Morgan fingerprint density at radius 2 is 1.81 bits per heavy atom. The van der Waals surface area contributed by atoms with Crippen LogP contribution in [0.25, 0.3) is 5.57 Å². The van der Waals surface area contributed by atoms with Gasteiger partial charge in [-0.15, -0.1) is 0 Å². The van der Waals surface area contributed by atoms with Crippen LogP contribution in [0.2, 0.25) is 10.0 Å². The summed E-state index contributed by atoms with van der Waals surface area (Å²) in [5.41, 5.74) is 2.54. The molecule has 26 heavy (non-hydrogen) atoms. The number of carbonyl (C=O) groups is 2. The maximum Gasteiger partial charge on any atom is 0.340 e. The van der Waals surface area contributed by atoms with Crippen LogP contribution in [-0.4, -0.2) is 36.5 Å². The van der Waals surface area contributed by atoms with Gasteiger partial charge in [0.05, 0.1) is 15.6 Å². The summed E-state index contributed by atoms with van der Waals surface area (Å²) in [7, 11) is 0. The van der Waals surface area contributed by atoms with Crippen LogP contribution in [0, 0.1) is 0 Å². The van der Waals surface area contributed by atoms with Crippen molar-refractivity contribution in [1.29, 1.82) is 0 Å². The molecular formula is C20H17Cl2NO3. The van der Waals surface area contributed by atoms with E-state index in [0.717, 1.165) is 6.42 Å². The van der Waals surface area contributed by atoms with E-state index >= 15 is 0 Å². The second-order valence-corrected chi connectivity index (χ2v) is 6.65. The van der Waals surface area contributed by atoms with Gasteiger partial charge in [-0.3, -0.25) is 4.79 Å². The molecule has 1 heterocycles. The third-order valence-corrected chi connectivity index (χ3v) is 5.02. The van der Waals surface area contributed by atoms with Crippen LogP contribution < -0.4 is 0 Å². The molecule has 2 aromatic carbocycles. The number of ether oxygens (including phenoxy) is 1. The number of halogens is 2. The predicted molar refractivity (Wildman–Crippen MR) is 102 cm³/mol. The maximum atomic E-state index is 12.3. The van der Waals surface area contributed by atoms with E-state index in [2.05, 4.69) is 12.1 Å². The lowest BCUT2D eigenvalue weighted by molar-refractivity contribution is -0.134. The zero-order chi connectivity index (χ0) is 18.5. The molecule has 0 atom stereocenters. The third kappa shape index (κ3) is 4.26. The Morgan fingerprint density at radius 1 is 1.04 bits per heavy atom. The van der Waals surface area contributed by atoms with Crippen LogP contribution in [0.15, 0.2) is 54.6 Å². The normalized spacial score (nSPS) is 13.9. The molecule has 0 aromatic heterocycles. The summed E-state index contributed by atoms with van der Waals surface area (Å²) in [5.74, 6) is -0.900. The topological polar surface area (TPSA) is 46.6 Å². The molecule has 0 saturated carbocycles. The predicted octanol–water partition coefficient (Wildman–Crippen LogP) is 4.47. The minimum absolute atomic E-state index is 0.125. The van der Waals surface area contributed by atoms with Gasteiger partial charge < -0.3 is 9.64 Å². The summed E-state index contributed by atoms with van der Waals surface area (Å²) in [4.78, 5) is 26.0. The van der Waals surface area contributed by atoms with Gasteiger partial charge in [0.2, 0.25) is 0 Å². The van der Waals surface area contributed by atoms with Gasteiger partial charge in [-0.2, -0.15) is 0 Å². The Morgan fingerprint density at radius 3 is 2.50 bits per heavy atom. The maximum absolute atomic E-state index is 12.3. The molecule has 3 rings (SSSR count). The Hall–Kier alpha value is -2.30. The smallest absolute Gasteiger partial charge is 0.340 e. The fourth-order valence-electron chi connectivity index (χ4n) is 2.77. The highest BCUT2D eigenvalue weighted by molar-refractivity contribution is 6.43. The zero-order valence-corrected chi connectivity index (χ0v) is 15.5. The zero-order valence-electron chi connectivity index (χ0n) is 14.0. The molecule has 134 valence electrons. The summed E-state index contributed by atoms with van der Waals surface area (Å²) in [6.07, 6.45) is 2.80. The summed E-state index contributed by atoms with van der Waals surface area (Å²) in [6, 6.07) is 14.8. The minimum Gasteiger partial charge on any atom is -0.452 e. The Balaban J connectivity index is 1.55. The number of hydrogen-bond acceptors (Lipinski definition) is 3. The quantitative estimate of drug-likeness (QED) is 0.724. The van der Waals surface area contributed by atoms with E-state index in [-0.39, 0.29) is 28.1 Å². The SMILES string of the molecule is O=C(OCC(=O)N1CC=C(c2ccccc2)CC1)c1cccc(Cl)c1Cl. The highest BCUT2D eigenvalue weighted by atomic mass is 35.5. The van der Waals surface area contributed by atoms with Gasteiger partial charge in [0.1, 0.15) is 0 Å². The molecule has 1 aliphatic heterocycles. The minimum atomic E-state index is -0.664. The van der Waals surface area contributed by atoms with E-state index in [1.54, 1.807) is 17.0 Å². The molecule has 0 spiro atoms. The molecule has 0 radical (unpaired) electrons. The lowest BCUT2D eigenvalue weighted by atomic mass is 10.00. The molecule has 0 aliphatic carbocycles. The van der Waals surface area contributed by atoms with Gasteiger partial charge in [0.15, 0.2) is 6.61 Å². The monoisotopic (exact) mass is 389 g/mol. The third-order valence-electron chi connectivity index (χ3n) is 4.20. The van der Waals surface area contributed by atoms with E-state index in [9.17, 15) is 9.59 Å². The number of rotatable bonds is 4. The first kappa shape index (κ1) is 18.5. The molecule has 0 N–H and O–H groups in total. The number of nitrogens with zero attached hydrogens (tertiary/aromatic N) is 1. The summed E-state index contributed by atoms with van der Waals surface area (Å²) in [5, 5.41) is 0.391. The van der Waals surface area contributed by atoms with E-state index in [1.807, 2.05) is 24.3 Å². The average Bonchev–Trinajstić information content (AvgIpc) is 2.69. The molecule has 0 bridgehead atoms. The molecule has 6 heteroatoms. The second kappa shape index (κ2) is 8.39. The largest absolute Gasteiger partial charge is 0.452 e. The van der Waals surface area contributed by atoms with Crippen LogP contribution in [0.5, 0.6) is 0 Å². The van der Waals surface area contributed by atoms with Crippen LogP contribution in [0.1, 0.15) is 22.3 Å². The molecule has 1 amide bonds. The molecular weight excluding hydrogens is 373 g/mol. The molecule has 4 nitrogen and oxygen atoms in total. The van der Waals surface area contributed by atoms with Crippen molar-refractivity contribution in [2.24, 2.45) is 0 Å². The number of benzene rings is 2. The Kier molecular flexibility index (Phi) is 5.96. The first-order valence-electron chi connectivity index (χ1n) is 8.19. The molecule has 0 unspecified atom stereocenters. The average molecular weight is 390 g/mol. The molecule has 0 saturated heterocycles. The van der Waals surface area contributed by atoms with Crippen molar-refractivity contribution in [2.75, 3.05) is 19.7 Å². The van der Waals surface area contributed by atoms with E-state index in [1.165, 1.54) is 17.2 Å². The molecule has 0 fully saturated rings.